The maximum Gasteiger partial charge on any atom is 0.304 e. The molecule has 3 N–H and O–H groups in total. The number of carboxylic acid groups (broad SMARTS) is 1. The van der Waals surface area contributed by atoms with Gasteiger partial charge in [0.25, 0.3) is 0 Å². The Kier molecular flexibility index (Phi) is 4.82. The topological polar surface area (TPSA) is 81.4 Å². The van der Waals surface area contributed by atoms with Crippen LogP contribution in [-0.2, 0) is 9.59 Å². The van der Waals surface area contributed by atoms with Gasteiger partial charge in [0.1, 0.15) is 6.04 Å². The standard InChI is InChI=1S/C16H29N3O3/c1-9(2)6-11-14-13(15(22)18-16(3,4)5)17-10(7-12(20)21)8-19(11)14/h9-11,13-14,17H,6-8H2,1-5H3,(H,18,22)(H,20,21)/t10-,11-,13-,14+,19?/m1/s1. The van der Waals surface area contributed by atoms with Crippen LogP contribution in [0.4, 0.5) is 0 Å². The number of hydrogen-bond donors (Lipinski definition) is 3. The van der Waals surface area contributed by atoms with Crippen LogP contribution < -0.4 is 10.6 Å². The number of carboxylic acids is 1. The van der Waals surface area contributed by atoms with E-state index in [9.17, 15) is 9.59 Å². The number of carbonyl (C=O) groups is 2. The smallest absolute Gasteiger partial charge is 0.304 e. The molecule has 2 heterocycles. The predicted molar refractivity (Wildman–Crippen MR) is 84.6 cm³/mol. The number of amides is 1. The quantitative estimate of drug-likeness (QED) is 0.655. The highest BCUT2D eigenvalue weighted by molar-refractivity contribution is 5.84. The summed E-state index contributed by atoms with van der Waals surface area (Å²) in [5.41, 5.74) is -0.286. The van der Waals surface area contributed by atoms with Crippen LogP contribution >= 0.6 is 0 Å². The van der Waals surface area contributed by atoms with E-state index in [-0.39, 0.29) is 36.0 Å². The van der Waals surface area contributed by atoms with Crippen LogP contribution in [0.5, 0.6) is 0 Å². The van der Waals surface area contributed by atoms with E-state index in [1.807, 2.05) is 20.8 Å². The van der Waals surface area contributed by atoms with Gasteiger partial charge in [-0.05, 0) is 33.1 Å². The fourth-order valence-electron chi connectivity index (χ4n) is 3.45. The molecule has 6 heteroatoms. The summed E-state index contributed by atoms with van der Waals surface area (Å²) in [5.74, 6) is -0.281. The first-order chi connectivity index (χ1) is 10.1. The van der Waals surface area contributed by atoms with Gasteiger partial charge in [-0.2, -0.15) is 0 Å². The number of fused-ring (bicyclic) bond motifs is 1. The minimum Gasteiger partial charge on any atom is -0.481 e. The lowest BCUT2D eigenvalue weighted by molar-refractivity contribution is -0.138. The van der Waals surface area contributed by atoms with E-state index in [4.69, 9.17) is 5.11 Å². The summed E-state index contributed by atoms with van der Waals surface area (Å²) in [5, 5.41) is 15.3. The van der Waals surface area contributed by atoms with Gasteiger partial charge in [-0.25, -0.2) is 0 Å². The van der Waals surface area contributed by atoms with E-state index in [1.165, 1.54) is 0 Å². The van der Waals surface area contributed by atoms with E-state index in [2.05, 4.69) is 29.4 Å². The van der Waals surface area contributed by atoms with Crippen LogP contribution in [0, 0.1) is 5.92 Å². The molecule has 2 aliphatic rings. The zero-order valence-corrected chi connectivity index (χ0v) is 14.2. The lowest BCUT2D eigenvalue weighted by Gasteiger charge is -2.32. The van der Waals surface area contributed by atoms with Crippen molar-refractivity contribution >= 4 is 11.9 Å². The molecule has 126 valence electrons. The predicted octanol–water partition coefficient (Wildman–Crippen LogP) is 0.815. The van der Waals surface area contributed by atoms with Gasteiger partial charge in [-0.1, -0.05) is 13.8 Å². The van der Waals surface area contributed by atoms with Crippen molar-refractivity contribution in [2.75, 3.05) is 6.54 Å². The van der Waals surface area contributed by atoms with Crippen LogP contribution in [-0.4, -0.2) is 58.1 Å². The number of aliphatic carboxylic acids is 1. The van der Waals surface area contributed by atoms with Crippen molar-refractivity contribution < 1.29 is 14.7 Å². The van der Waals surface area contributed by atoms with Crippen molar-refractivity contribution in [3.63, 3.8) is 0 Å². The van der Waals surface area contributed by atoms with Gasteiger partial charge in [0, 0.05) is 30.2 Å². The van der Waals surface area contributed by atoms with Crippen molar-refractivity contribution in [3.05, 3.63) is 0 Å². The lowest BCUT2D eigenvalue weighted by Crippen LogP contribution is -2.60. The summed E-state index contributed by atoms with van der Waals surface area (Å²) in [7, 11) is 0. The van der Waals surface area contributed by atoms with Crippen LogP contribution in [0.2, 0.25) is 0 Å². The Bertz CT molecular complexity index is 444. The molecule has 0 aromatic rings. The molecule has 0 saturated carbocycles. The number of nitrogens with zero attached hydrogens (tertiary/aromatic N) is 1. The molecule has 0 bridgehead atoms. The first-order valence-electron chi connectivity index (χ1n) is 8.14. The zero-order valence-electron chi connectivity index (χ0n) is 14.2. The number of hydrogen-bond acceptors (Lipinski definition) is 4. The van der Waals surface area contributed by atoms with Gasteiger partial charge in [-0.15, -0.1) is 0 Å². The molecule has 0 radical (unpaired) electrons. The molecular formula is C16H29N3O3. The molecule has 1 amide bonds. The Morgan fingerprint density at radius 3 is 2.50 bits per heavy atom. The zero-order chi connectivity index (χ0) is 16.7. The Hall–Kier alpha value is -1.14. The van der Waals surface area contributed by atoms with Crippen molar-refractivity contribution in [1.82, 2.24) is 15.5 Å². The van der Waals surface area contributed by atoms with E-state index in [0.29, 0.717) is 18.5 Å². The summed E-state index contributed by atoms with van der Waals surface area (Å²) in [6.45, 7) is 10.9. The highest BCUT2D eigenvalue weighted by Crippen LogP contribution is 2.39. The van der Waals surface area contributed by atoms with Crippen LogP contribution in [0.25, 0.3) is 0 Å². The lowest BCUT2D eigenvalue weighted by atomic mass is 10.00. The molecule has 0 aromatic carbocycles. The Morgan fingerprint density at radius 1 is 1.36 bits per heavy atom. The summed E-state index contributed by atoms with van der Waals surface area (Å²) in [4.78, 5) is 25.8. The molecule has 2 rings (SSSR count). The molecule has 2 saturated heterocycles. The Labute approximate surface area is 132 Å². The first kappa shape index (κ1) is 17.2. The van der Waals surface area contributed by atoms with Crippen molar-refractivity contribution in [2.24, 2.45) is 5.92 Å². The maximum atomic E-state index is 12.6. The fraction of sp³-hybridized carbons (Fsp3) is 0.875. The Balaban J connectivity index is 2.07. The minimum absolute atomic E-state index is 0.0242. The molecule has 5 atom stereocenters. The molecule has 6 nitrogen and oxygen atoms in total. The van der Waals surface area contributed by atoms with Crippen LogP contribution in [0.3, 0.4) is 0 Å². The van der Waals surface area contributed by atoms with Gasteiger partial charge in [0.15, 0.2) is 0 Å². The number of rotatable bonds is 5. The third-order valence-corrected chi connectivity index (χ3v) is 4.22. The summed E-state index contributed by atoms with van der Waals surface area (Å²) < 4.78 is 0. The summed E-state index contributed by atoms with van der Waals surface area (Å²) in [6, 6.07) is 0.111. The summed E-state index contributed by atoms with van der Waals surface area (Å²) in [6.07, 6.45) is 1.10. The van der Waals surface area contributed by atoms with Gasteiger partial charge in [-0.3, -0.25) is 19.8 Å². The molecule has 2 aliphatic heterocycles. The number of nitrogens with one attached hydrogen (secondary N) is 2. The molecule has 2 fully saturated rings. The number of piperazine rings is 1. The van der Waals surface area contributed by atoms with Crippen molar-refractivity contribution in [1.29, 1.82) is 0 Å². The molecule has 0 aliphatic carbocycles. The number of carbonyl (C=O) groups excluding carboxylic acids is 1. The molecule has 22 heavy (non-hydrogen) atoms. The second-order valence-electron chi connectivity index (χ2n) is 8.06. The summed E-state index contributed by atoms with van der Waals surface area (Å²) >= 11 is 0. The SMILES string of the molecule is CC(C)C[C@@H]1[C@H]2[C@H](C(=O)NC(C)(C)C)N[C@H](CC(=O)O)CN21. The highest BCUT2D eigenvalue weighted by Gasteiger charge is 2.57. The second-order valence-corrected chi connectivity index (χ2v) is 8.06. The average molecular weight is 311 g/mol. The Morgan fingerprint density at radius 2 is 2.00 bits per heavy atom. The normalized spacial score (nSPS) is 34.2. The molecule has 0 spiro atoms. The third-order valence-electron chi connectivity index (χ3n) is 4.22. The van der Waals surface area contributed by atoms with Crippen molar-refractivity contribution in [2.45, 2.75) is 77.2 Å². The largest absolute Gasteiger partial charge is 0.481 e. The fourth-order valence-corrected chi connectivity index (χ4v) is 3.45. The first-order valence-corrected chi connectivity index (χ1v) is 8.14. The van der Waals surface area contributed by atoms with E-state index in [0.717, 1.165) is 6.42 Å². The van der Waals surface area contributed by atoms with Crippen LogP contribution in [0.15, 0.2) is 0 Å². The second kappa shape index (κ2) is 6.16. The molecular weight excluding hydrogens is 282 g/mol. The van der Waals surface area contributed by atoms with Crippen LogP contribution in [0.1, 0.15) is 47.5 Å². The monoisotopic (exact) mass is 311 g/mol. The third kappa shape index (κ3) is 4.20. The highest BCUT2D eigenvalue weighted by atomic mass is 16.4. The minimum atomic E-state index is -0.826. The maximum absolute atomic E-state index is 12.6. The van der Waals surface area contributed by atoms with E-state index in [1.54, 1.807) is 0 Å². The van der Waals surface area contributed by atoms with Gasteiger partial charge < -0.3 is 10.4 Å². The average Bonchev–Trinajstić information content (AvgIpc) is 2.97. The van der Waals surface area contributed by atoms with E-state index >= 15 is 0 Å². The molecule has 1 unspecified atom stereocenters. The van der Waals surface area contributed by atoms with E-state index < -0.39 is 5.97 Å². The van der Waals surface area contributed by atoms with Gasteiger partial charge >= 0.3 is 5.97 Å². The van der Waals surface area contributed by atoms with Crippen molar-refractivity contribution in [3.8, 4) is 0 Å². The molecule has 0 aromatic heterocycles. The van der Waals surface area contributed by atoms with Gasteiger partial charge in [0.05, 0.1) is 6.42 Å². The van der Waals surface area contributed by atoms with Gasteiger partial charge in [0.2, 0.25) is 5.91 Å².